The molecule has 18 heavy (non-hydrogen) atoms. The molecule has 0 spiro atoms. The average molecular weight is 260 g/mol. The minimum atomic E-state index is -4.34. The molecule has 0 bridgehead atoms. The Morgan fingerprint density at radius 1 is 1.44 bits per heavy atom. The van der Waals surface area contributed by atoms with Crippen LogP contribution in [0.4, 0.5) is 13.2 Å². The SMILES string of the molecule is CC(CN(N)/N=C\N)c1cccc(C(F)(F)F)c1. The fraction of sp³-hybridized carbons (Fsp3) is 0.364. The van der Waals surface area contributed by atoms with Crippen molar-refractivity contribution in [2.75, 3.05) is 6.54 Å². The lowest BCUT2D eigenvalue weighted by atomic mass is 9.99. The zero-order valence-corrected chi connectivity index (χ0v) is 9.85. The minimum absolute atomic E-state index is 0.194. The molecule has 0 radical (unpaired) electrons. The summed E-state index contributed by atoms with van der Waals surface area (Å²) in [5.74, 6) is 5.29. The van der Waals surface area contributed by atoms with Gasteiger partial charge in [-0.2, -0.15) is 18.3 Å². The summed E-state index contributed by atoms with van der Waals surface area (Å²) in [6.45, 7) is 2.04. The Bertz CT molecular complexity index is 417. The number of alkyl halides is 3. The van der Waals surface area contributed by atoms with Gasteiger partial charge in [-0.15, -0.1) is 0 Å². The topological polar surface area (TPSA) is 67.6 Å². The van der Waals surface area contributed by atoms with Gasteiger partial charge in [0, 0.05) is 5.92 Å². The normalized spacial score (nSPS) is 13.8. The molecule has 1 aromatic rings. The van der Waals surface area contributed by atoms with Crippen molar-refractivity contribution in [3.63, 3.8) is 0 Å². The van der Waals surface area contributed by atoms with Crippen LogP contribution in [0, 0.1) is 0 Å². The fourth-order valence-corrected chi connectivity index (χ4v) is 1.54. The first-order valence-electron chi connectivity index (χ1n) is 5.28. The first-order valence-corrected chi connectivity index (χ1v) is 5.28. The first kappa shape index (κ1) is 14.3. The van der Waals surface area contributed by atoms with Gasteiger partial charge in [0.05, 0.1) is 12.1 Å². The third kappa shape index (κ3) is 3.92. The summed E-state index contributed by atoms with van der Waals surface area (Å²) in [6, 6.07) is 5.15. The average Bonchev–Trinajstić information content (AvgIpc) is 2.28. The highest BCUT2D eigenvalue weighted by atomic mass is 19.4. The van der Waals surface area contributed by atoms with Crippen LogP contribution in [0.3, 0.4) is 0 Å². The van der Waals surface area contributed by atoms with Crippen LogP contribution in [0.25, 0.3) is 0 Å². The summed E-state index contributed by atoms with van der Waals surface area (Å²) < 4.78 is 37.6. The van der Waals surface area contributed by atoms with Crippen molar-refractivity contribution in [3.05, 3.63) is 35.4 Å². The lowest BCUT2D eigenvalue weighted by Gasteiger charge is -2.18. The van der Waals surface area contributed by atoms with E-state index in [0.29, 0.717) is 5.56 Å². The predicted octanol–water partition coefficient (Wildman–Crippen LogP) is 1.89. The molecular formula is C11H15F3N4. The van der Waals surface area contributed by atoms with Crippen LogP contribution >= 0.6 is 0 Å². The smallest absolute Gasteiger partial charge is 0.388 e. The summed E-state index contributed by atoms with van der Waals surface area (Å²) in [4.78, 5) is 0. The second-order valence-electron chi connectivity index (χ2n) is 3.91. The van der Waals surface area contributed by atoms with Gasteiger partial charge in [0.15, 0.2) is 0 Å². The zero-order chi connectivity index (χ0) is 13.8. The Morgan fingerprint density at radius 2 is 2.11 bits per heavy atom. The number of rotatable bonds is 4. The number of nitrogens with zero attached hydrogens (tertiary/aromatic N) is 2. The van der Waals surface area contributed by atoms with E-state index in [1.807, 2.05) is 0 Å². The third-order valence-electron chi connectivity index (χ3n) is 2.46. The highest BCUT2D eigenvalue weighted by Crippen LogP contribution is 2.31. The van der Waals surface area contributed by atoms with Crippen LogP contribution in [0.2, 0.25) is 0 Å². The Hall–Kier alpha value is -1.76. The fourth-order valence-electron chi connectivity index (χ4n) is 1.54. The summed E-state index contributed by atoms with van der Waals surface area (Å²) in [7, 11) is 0. The molecule has 1 atom stereocenters. The number of hydrazone groups is 1. The van der Waals surface area contributed by atoms with E-state index < -0.39 is 11.7 Å². The van der Waals surface area contributed by atoms with E-state index in [1.165, 1.54) is 6.07 Å². The van der Waals surface area contributed by atoms with Crippen molar-refractivity contribution in [1.82, 2.24) is 5.12 Å². The number of hydrogen-bond donors (Lipinski definition) is 2. The molecule has 0 aromatic heterocycles. The van der Waals surface area contributed by atoms with Gasteiger partial charge in [0.1, 0.15) is 6.34 Å². The van der Waals surface area contributed by atoms with Crippen LogP contribution in [0.15, 0.2) is 29.4 Å². The molecule has 4 N–H and O–H groups in total. The molecular weight excluding hydrogens is 245 g/mol. The largest absolute Gasteiger partial charge is 0.416 e. The van der Waals surface area contributed by atoms with Crippen molar-refractivity contribution >= 4 is 6.34 Å². The molecule has 0 aliphatic carbocycles. The highest BCUT2D eigenvalue weighted by molar-refractivity contribution is 5.50. The van der Waals surface area contributed by atoms with Crippen LogP contribution in [0.5, 0.6) is 0 Å². The molecule has 0 aliphatic heterocycles. The Morgan fingerprint density at radius 3 is 2.67 bits per heavy atom. The van der Waals surface area contributed by atoms with Gasteiger partial charge in [-0.05, 0) is 11.6 Å². The van der Waals surface area contributed by atoms with Crippen molar-refractivity contribution in [3.8, 4) is 0 Å². The van der Waals surface area contributed by atoms with E-state index >= 15 is 0 Å². The highest BCUT2D eigenvalue weighted by Gasteiger charge is 2.30. The quantitative estimate of drug-likeness (QED) is 0.376. The second-order valence-corrected chi connectivity index (χ2v) is 3.91. The lowest BCUT2D eigenvalue weighted by molar-refractivity contribution is -0.137. The molecule has 4 nitrogen and oxygen atoms in total. The Kier molecular flexibility index (Phi) is 4.55. The number of hydrazine groups is 1. The minimum Gasteiger partial charge on any atom is -0.388 e. The maximum absolute atomic E-state index is 12.5. The molecule has 1 rings (SSSR count). The Balaban J connectivity index is 2.83. The second kappa shape index (κ2) is 5.72. The van der Waals surface area contributed by atoms with Gasteiger partial charge in [-0.25, -0.2) is 11.0 Å². The molecule has 0 aliphatic rings. The van der Waals surface area contributed by atoms with E-state index in [4.69, 9.17) is 11.6 Å². The monoisotopic (exact) mass is 260 g/mol. The number of benzene rings is 1. The van der Waals surface area contributed by atoms with Gasteiger partial charge in [-0.3, -0.25) is 0 Å². The molecule has 1 aromatic carbocycles. The summed E-state index contributed by atoms with van der Waals surface area (Å²) >= 11 is 0. The van der Waals surface area contributed by atoms with Gasteiger partial charge in [-0.1, -0.05) is 25.1 Å². The van der Waals surface area contributed by atoms with Crippen molar-refractivity contribution in [1.29, 1.82) is 0 Å². The number of hydrogen-bond acceptors (Lipinski definition) is 3. The van der Waals surface area contributed by atoms with E-state index in [9.17, 15) is 13.2 Å². The first-order chi connectivity index (χ1) is 8.34. The van der Waals surface area contributed by atoms with Crippen molar-refractivity contribution < 1.29 is 13.2 Å². The third-order valence-corrected chi connectivity index (χ3v) is 2.46. The molecule has 100 valence electrons. The number of halogens is 3. The van der Waals surface area contributed by atoms with E-state index in [0.717, 1.165) is 23.6 Å². The van der Waals surface area contributed by atoms with Gasteiger partial charge >= 0.3 is 6.18 Å². The standard InChI is InChI=1S/C11H15F3N4/c1-8(6-18(16)17-7-15)9-3-2-4-10(5-9)11(12,13)14/h2-5,7-8H,6,16H2,1H3,(H2,15,17). The zero-order valence-electron chi connectivity index (χ0n) is 9.85. The van der Waals surface area contributed by atoms with E-state index in [1.54, 1.807) is 13.0 Å². The van der Waals surface area contributed by atoms with Crippen LogP contribution in [-0.2, 0) is 6.18 Å². The van der Waals surface area contributed by atoms with Gasteiger partial charge < -0.3 is 5.73 Å². The van der Waals surface area contributed by atoms with Crippen LogP contribution < -0.4 is 11.6 Å². The van der Waals surface area contributed by atoms with Crippen LogP contribution in [0.1, 0.15) is 24.0 Å². The number of nitrogens with two attached hydrogens (primary N) is 2. The molecule has 7 heteroatoms. The van der Waals surface area contributed by atoms with Gasteiger partial charge in [0.2, 0.25) is 0 Å². The maximum atomic E-state index is 12.5. The predicted molar refractivity (Wildman–Crippen MR) is 63.4 cm³/mol. The molecule has 0 heterocycles. The summed E-state index contributed by atoms with van der Waals surface area (Å²) in [5, 5.41) is 4.69. The van der Waals surface area contributed by atoms with Crippen LogP contribution in [-0.4, -0.2) is 18.0 Å². The van der Waals surface area contributed by atoms with E-state index in [-0.39, 0.29) is 12.5 Å². The maximum Gasteiger partial charge on any atom is 0.416 e. The van der Waals surface area contributed by atoms with Crippen molar-refractivity contribution in [2.45, 2.75) is 19.0 Å². The molecule has 0 fully saturated rings. The van der Waals surface area contributed by atoms with E-state index in [2.05, 4.69) is 5.10 Å². The molecule has 0 amide bonds. The summed E-state index contributed by atoms with van der Waals surface area (Å²) in [5.41, 5.74) is 4.94. The Labute approximate surface area is 103 Å². The lowest BCUT2D eigenvalue weighted by Crippen LogP contribution is -2.30. The molecule has 0 saturated heterocycles. The van der Waals surface area contributed by atoms with Crippen molar-refractivity contribution in [2.24, 2.45) is 16.7 Å². The molecule has 0 saturated carbocycles. The summed E-state index contributed by atoms with van der Waals surface area (Å²) in [6.07, 6.45) is -3.31. The molecule has 1 unspecified atom stereocenters. The van der Waals surface area contributed by atoms with Gasteiger partial charge in [0.25, 0.3) is 0 Å².